The molecule has 0 bridgehead atoms. The quantitative estimate of drug-likeness (QED) is 0.787. The summed E-state index contributed by atoms with van der Waals surface area (Å²) in [5, 5.41) is 0.512. The number of hydrogen-bond acceptors (Lipinski definition) is 3. The van der Waals surface area contributed by atoms with Gasteiger partial charge in [-0.2, -0.15) is 0 Å². The number of nitrogens with two attached hydrogens (primary N) is 1. The lowest BCUT2D eigenvalue weighted by molar-refractivity contribution is 0.0583. The maximum absolute atomic E-state index is 6.18. The van der Waals surface area contributed by atoms with Crippen LogP contribution in [0.4, 0.5) is 0 Å². The number of halogens is 1. The molecule has 0 radical (unpaired) electrons. The van der Waals surface area contributed by atoms with Gasteiger partial charge in [-0.3, -0.25) is 0 Å². The summed E-state index contributed by atoms with van der Waals surface area (Å²) in [7, 11) is 0. The average Bonchev–Trinajstić information content (AvgIpc) is 2.30. The fourth-order valence-corrected chi connectivity index (χ4v) is 2.04. The first kappa shape index (κ1) is 10.9. The van der Waals surface area contributed by atoms with Crippen molar-refractivity contribution in [3.63, 3.8) is 0 Å². The third-order valence-corrected chi connectivity index (χ3v) is 3.13. The molecule has 1 aliphatic rings. The minimum atomic E-state index is 0.0543. The van der Waals surface area contributed by atoms with Gasteiger partial charge in [0, 0.05) is 25.5 Å². The fraction of sp³-hybridized carbons (Fsp3) is 0.545. The standard InChI is InChI=1S/C11H15ClN2O/c12-10-2-1-9(7-14-10)11(13)8-3-5-15-6-4-8/h1-2,7-8,11H,3-6,13H2/t11-/m1/s1. The molecule has 1 aliphatic heterocycles. The van der Waals surface area contributed by atoms with E-state index in [2.05, 4.69) is 4.98 Å². The van der Waals surface area contributed by atoms with Crippen molar-refractivity contribution in [2.75, 3.05) is 13.2 Å². The van der Waals surface area contributed by atoms with Crippen LogP contribution in [0.3, 0.4) is 0 Å². The van der Waals surface area contributed by atoms with Crippen molar-refractivity contribution in [3.8, 4) is 0 Å². The van der Waals surface area contributed by atoms with E-state index in [-0.39, 0.29) is 6.04 Å². The van der Waals surface area contributed by atoms with Gasteiger partial charge < -0.3 is 10.5 Å². The van der Waals surface area contributed by atoms with Crippen molar-refractivity contribution in [1.29, 1.82) is 0 Å². The second-order valence-corrected chi connectivity index (χ2v) is 4.28. The topological polar surface area (TPSA) is 48.1 Å². The van der Waals surface area contributed by atoms with Gasteiger partial charge in [0.15, 0.2) is 0 Å². The van der Waals surface area contributed by atoms with Crippen molar-refractivity contribution in [1.82, 2.24) is 4.98 Å². The first-order chi connectivity index (χ1) is 7.27. The van der Waals surface area contributed by atoms with Gasteiger partial charge >= 0.3 is 0 Å². The van der Waals surface area contributed by atoms with Crippen molar-refractivity contribution in [2.24, 2.45) is 11.7 Å². The number of hydrogen-bond donors (Lipinski definition) is 1. The van der Waals surface area contributed by atoms with Crippen molar-refractivity contribution < 1.29 is 4.74 Å². The fourth-order valence-electron chi connectivity index (χ4n) is 1.93. The molecule has 0 spiro atoms. The molecule has 1 aromatic rings. The minimum Gasteiger partial charge on any atom is -0.381 e. The Morgan fingerprint density at radius 2 is 2.13 bits per heavy atom. The van der Waals surface area contributed by atoms with Gasteiger partial charge in [-0.1, -0.05) is 17.7 Å². The number of ether oxygens (including phenoxy) is 1. The van der Waals surface area contributed by atoms with E-state index in [0.29, 0.717) is 11.1 Å². The Bertz CT molecular complexity index is 309. The van der Waals surface area contributed by atoms with E-state index in [4.69, 9.17) is 22.1 Å². The number of aromatic nitrogens is 1. The van der Waals surface area contributed by atoms with Crippen LogP contribution in [0.15, 0.2) is 18.3 Å². The number of rotatable bonds is 2. The lowest BCUT2D eigenvalue weighted by Gasteiger charge is -2.27. The molecule has 0 amide bonds. The molecule has 82 valence electrons. The predicted octanol–water partition coefficient (Wildman–Crippen LogP) is 2.16. The molecule has 15 heavy (non-hydrogen) atoms. The average molecular weight is 227 g/mol. The molecule has 1 atom stereocenters. The summed E-state index contributed by atoms with van der Waals surface area (Å²) in [6.45, 7) is 1.64. The molecule has 1 saturated heterocycles. The summed E-state index contributed by atoms with van der Waals surface area (Å²) < 4.78 is 5.31. The van der Waals surface area contributed by atoms with Gasteiger partial charge in [-0.25, -0.2) is 4.98 Å². The van der Waals surface area contributed by atoms with Gasteiger partial charge in [0.2, 0.25) is 0 Å². The maximum Gasteiger partial charge on any atom is 0.129 e. The van der Waals surface area contributed by atoms with Crippen LogP contribution in [-0.4, -0.2) is 18.2 Å². The molecular weight excluding hydrogens is 212 g/mol. The zero-order valence-corrected chi connectivity index (χ0v) is 9.28. The van der Waals surface area contributed by atoms with E-state index in [1.807, 2.05) is 6.07 Å². The van der Waals surface area contributed by atoms with Gasteiger partial charge in [0.1, 0.15) is 5.15 Å². The van der Waals surface area contributed by atoms with Crippen LogP contribution in [0.1, 0.15) is 24.4 Å². The summed E-state index contributed by atoms with van der Waals surface area (Å²) in [5.41, 5.74) is 7.24. The Balaban J connectivity index is 2.05. The van der Waals surface area contributed by atoms with E-state index in [1.54, 1.807) is 12.3 Å². The third kappa shape index (κ3) is 2.68. The molecule has 2 N–H and O–H groups in total. The highest BCUT2D eigenvalue weighted by molar-refractivity contribution is 6.29. The molecule has 2 rings (SSSR count). The number of pyridine rings is 1. The van der Waals surface area contributed by atoms with E-state index in [1.165, 1.54) is 0 Å². The normalized spacial score (nSPS) is 20.1. The summed E-state index contributed by atoms with van der Waals surface area (Å²) in [5.74, 6) is 0.502. The molecule has 0 aliphatic carbocycles. The summed E-state index contributed by atoms with van der Waals surface area (Å²) in [6, 6.07) is 3.80. The smallest absolute Gasteiger partial charge is 0.129 e. The zero-order valence-electron chi connectivity index (χ0n) is 8.53. The van der Waals surface area contributed by atoms with Crippen LogP contribution >= 0.6 is 11.6 Å². The summed E-state index contributed by atoms with van der Waals surface area (Å²) >= 11 is 5.73. The highest BCUT2D eigenvalue weighted by Gasteiger charge is 2.22. The molecular formula is C11H15ClN2O. The Kier molecular flexibility index (Phi) is 3.57. The predicted molar refractivity (Wildman–Crippen MR) is 59.7 cm³/mol. The Labute approximate surface area is 94.6 Å². The molecule has 4 heteroatoms. The van der Waals surface area contributed by atoms with Gasteiger partial charge in [-0.15, -0.1) is 0 Å². The van der Waals surface area contributed by atoms with Crippen LogP contribution < -0.4 is 5.73 Å². The minimum absolute atomic E-state index is 0.0543. The van der Waals surface area contributed by atoms with Crippen LogP contribution in [0.5, 0.6) is 0 Å². The first-order valence-electron chi connectivity index (χ1n) is 5.22. The second kappa shape index (κ2) is 4.92. The third-order valence-electron chi connectivity index (χ3n) is 2.91. The molecule has 2 heterocycles. The lowest BCUT2D eigenvalue weighted by Crippen LogP contribution is -2.27. The SMILES string of the molecule is N[C@@H](c1ccc(Cl)nc1)C1CCOCC1. The summed E-state index contributed by atoms with van der Waals surface area (Å²) in [4.78, 5) is 4.05. The van der Waals surface area contributed by atoms with Crippen LogP contribution in [-0.2, 0) is 4.74 Å². The highest BCUT2D eigenvalue weighted by atomic mass is 35.5. The zero-order chi connectivity index (χ0) is 10.7. The second-order valence-electron chi connectivity index (χ2n) is 3.89. The number of nitrogens with zero attached hydrogens (tertiary/aromatic N) is 1. The molecule has 0 aromatic carbocycles. The van der Waals surface area contributed by atoms with Crippen molar-refractivity contribution in [2.45, 2.75) is 18.9 Å². The first-order valence-corrected chi connectivity index (χ1v) is 5.60. The Morgan fingerprint density at radius 3 is 2.73 bits per heavy atom. The summed E-state index contributed by atoms with van der Waals surface area (Å²) in [6.07, 6.45) is 3.83. The highest BCUT2D eigenvalue weighted by Crippen LogP contribution is 2.27. The monoisotopic (exact) mass is 226 g/mol. The Hall–Kier alpha value is -0.640. The Morgan fingerprint density at radius 1 is 1.40 bits per heavy atom. The van der Waals surface area contributed by atoms with Crippen LogP contribution in [0.2, 0.25) is 5.15 Å². The van der Waals surface area contributed by atoms with E-state index >= 15 is 0 Å². The molecule has 1 aromatic heterocycles. The van der Waals surface area contributed by atoms with E-state index < -0.39 is 0 Å². The van der Waals surface area contributed by atoms with E-state index in [0.717, 1.165) is 31.6 Å². The van der Waals surface area contributed by atoms with Crippen molar-refractivity contribution >= 4 is 11.6 Å². The maximum atomic E-state index is 6.18. The largest absolute Gasteiger partial charge is 0.381 e. The van der Waals surface area contributed by atoms with Crippen LogP contribution in [0, 0.1) is 5.92 Å². The van der Waals surface area contributed by atoms with Crippen LogP contribution in [0.25, 0.3) is 0 Å². The van der Waals surface area contributed by atoms with E-state index in [9.17, 15) is 0 Å². The van der Waals surface area contributed by atoms with Gasteiger partial charge in [0.25, 0.3) is 0 Å². The van der Waals surface area contributed by atoms with Gasteiger partial charge in [-0.05, 0) is 30.4 Å². The van der Waals surface area contributed by atoms with Gasteiger partial charge in [0.05, 0.1) is 0 Å². The molecule has 3 nitrogen and oxygen atoms in total. The molecule has 0 unspecified atom stereocenters. The van der Waals surface area contributed by atoms with Crippen molar-refractivity contribution in [3.05, 3.63) is 29.0 Å². The molecule has 1 fully saturated rings. The molecule has 0 saturated carbocycles. The lowest BCUT2D eigenvalue weighted by atomic mass is 9.88.